The van der Waals surface area contributed by atoms with E-state index in [1.165, 1.54) is 31.2 Å². The number of rotatable bonds is 6. The van der Waals surface area contributed by atoms with Gasteiger partial charge in [0.2, 0.25) is 15.9 Å². The van der Waals surface area contributed by atoms with Gasteiger partial charge in [0.15, 0.2) is 12.4 Å². The summed E-state index contributed by atoms with van der Waals surface area (Å²) in [7, 11) is -3.99. The Morgan fingerprint density at radius 1 is 1.11 bits per heavy atom. The number of hydrogen-bond acceptors (Lipinski definition) is 6. The van der Waals surface area contributed by atoms with Gasteiger partial charge in [0.1, 0.15) is 0 Å². The summed E-state index contributed by atoms with van der Waals surface area (Å²) in [6.45, 7) is 0.825. The lowest BCUT2D eigenvalue weighted by atomic mass is 10.1. The fourth-order valence-electron chi connectivity index (χ4n) is 2.07. The third-order valence-electron chi connectivity index (χ3n) is 3.35. The second kappa shape index (κ2) is 8.42. The van der Waals surface area contributed by atoms with Crippen molar-refractivity contribution >= 4 is 49.3 Å². The molecule has 0 unspecified atom stereocenters. The van der Waals surface area contributed by atoms with Gasteiger partial charge >= 0.3 is 5.97 Å². The largest absolute Gasteiger partial charge is 0.454 e. The van der Waals surface area contributed by atoms with Crippen molar-refractivity contribution < 1.29 is 27.5 Å². The summed E-state index contributed by atoms with van der Waals surface area (Å²) < 4.78 is 28.1. The van der Waals surface area contributed by atoms with E-state index in [0.29, 0.717) is 10.2 Å². The van der Waals surface area contributed by atoms with Crippen LogP contribution in [0.25, 0.3) is 0 Å². The van der Waals surface area contributed by atoms with Crippen LogP contribution in [0.2, 0.25) is 0 Å². The standard InChI is InChI=1S/C17H15BrN2O6S/c1-10(21)20-12-4-2-11(3-5-12)16(22)9-26-17(23)14-8-13(27(19,24)25)6-7-15(14)18/h2-8H,9H2,1H3,(H,20,21)(H2,19,24,25). The van der Waals surface area contributed by atoms with Crippen molar-refractivity contribution in [1.29, 1.82) is 0 Å². The Labute approximate surface area is 163 Å². The highest BCUT2D eigenvalue weighted by Crippen LogP contribution is 2.21. The van der Waals surface area contributed by atoms with Crippen molar-refractivity contribution in [2.75, 3.05) is 11.9 Å². The Bertz CT molecular complexity index is 1000. The highest BCUT2D eigenvalue weighted by molar-refractivity contribution is 9.10. The molecule has 3 N–H and O–H groups in total. The maximum absolute atomic E-state index is 12.2. The monoisotopic (exact) mass is 454 g/mol. The molecule has 0 radical (unpaired) electrons. The Balaban J connectivity index is 2.07. The van der Waals surface area contributed by atoms with Crippen LogP contribution in [-0.4, -0.2) is 32.7 Å². The molecule has 0 atom stereocenters. The van der Waals surface area contributed by atoms with Gasteiger partial charge in [0, 0.05) is 22.6 Å². The first-order valence-corrected chi connectivity index (χ1v) is 9.82. The van der Waals surface area contributed by atoms with Gasteiger partial charge in [-0.05, 0) is 58.4 Å². The lowest BCUT2D eigenvalue weighted by molar-refractivity contribution is -0.114. The fraction of sp³-hybridized carbons (Fsp3) is 0.118. The van der Waals surface area contributed by atoms with Crippen LogP contribution in [0.5, 0.6) is 0 Å². The number of amides is 1. The Morgan fingerprint density at radius 3 is 2.30 bits per heavy atom. The Hall–Kier alpha value is -2.56. The number of halogens is 1. The summed E-state index contributed by atoms with van der Waals surface area (Å²) in [6.07, 6.45) is 0. The molecule has 0 aromatic heterocycles. The lowest BCUT2D eigenvalue weighted by Gasteiger charge is -2.08. The van der Waals surface area contributed by atoms with E-state index in [1.807, 2.05) is 0 Å². The number of nitrogens with one attached hydrogen (secondary N) is 1. The molecule has 0 spiro atoms. The Morgan fingerprint density at radius 2 is 1.74 bits per heavy atom. The number of primary sulfonamides is 1. The molecule has 2 aromatic carbocycles. The number of ketones is 1. The summed E-state index contributed by atoms with van der Waals surface area (Å²) in [5.74, 6) is -1.58. The van der Waals surface area contributed by atoms with Gasteiger partial charge in [0.25, 0.3) is 0 Å². The van der Waals surface area contributed by atoms with Crippen LogP contribution < -0.4 is 10.5 Å². The van der Waals surface area contributed by atoms with Gasteiger partial charge in [-0.2, -0.15) is 0 Å². The van der Waals surface area contributed by atoms with Crippen LogP contribution in [0.3, 0.4) is 0 Å². The number of carbonyl (C=O) groups is 3. The molecule has 0 saturated carbocycles. The number of benzene rings is 2. The van der Waals surface area contributed by atoms with E-state index in [1.54, 1.807) is 12.1 Å². The first-order valence-electron chi connectivity index (χ1n) is 7.48. The minimum absolute atomic E-state index is 0.0738. The van der Waals surface area contributed by atoms with Crippen LogP contribution in [0.15, 0.2) is 51.8 Å². The first-order chi connectivity index (χ1) is 12.6. The molecule has 8 nitrogen and oxygen atoms in total. The molecule has 2 aromatic rings. The van der Waals surface area contributed by atoms with E-state index in [4.69, 9.17) is 9.88 Å². The molecule has 0 aliphatic rings. The van der Waals surface area contributed by atoms with Gasteiger partial charge in [-0.15, -0.1) is 0 Å². The number of nitrogens with two attached hydrogens (primary N) is 1. The van der Waals surface area contributed by atoms with E-state index in [9.17, 15) is 22.8 Å². The molecule has 0 aliphatic carbocycles. The minimum Gasteiger partial charge on any atom is -0.454 e. The minimum atomic E-state index is -3.99. The van der Waals surface area contributed by atoms with Gasteiger partial charge in [-0.25, -0.2) is 18.4 Å². The second-order valence-electron chi connectivity index (χ2n) is 5.44. The number of esters is 1. The van der Waals surface area contributed by atoms with Gasteiger partial charge in [-0.1, -0.05) is 0 Å². The smallest absolute Gasteiger partial charge is 0.339 e. The summed E-state index contributed by atoms with van der Waals surface area (Å²) >= 11 is 3.12. The molecule has 10 heteroatoms. The molecule has 0 saturated heterocycles. The van der Waals surface area contributed by atoms with E-state index in [0.717, 1.165) is 6.07 Å². The van der Waals surface area contributed by atoms with Crippen molar-refractivity contribution in [2.24, 2.45) is 5.14 Å². The molecular formula is C17H15BrN2O6S. The van der Waals surface area contributed by atoms with Crippen LogP contribution >= 0.6 is 15.9 Å². The number of ether oxygens (including phenoxy) is 1. The molecule has 1 amide bonds. The molecule has 2 rings (SSSR count). The zero-order valence-corrected chi connectivity index (χ0v) is 16.5. The molecular weight excluding hydrogens is 440 g/mol. The number of Topliss-reactive ketones (excluding diaryl/α,β-unsaturated/α-hetero) is 1. The fourth-order valence-corrected chi connectivity index (χ4v) is 3.02. The highest BCUT2D eigenvalue weighted by atomic mass is 79.9. The summed E-state index contributed by atoms with van der Waals surface area (Å²) in [6, 6.07) is 9.70. The number of anilines is 1. The third kappa shape index (κ3) is 5.71. The van der Waals surface area contributed by atoms with Gasteiger partial charge in [-0.3, -0.25) is 9.59 Å². The maximum atomic E-state index is 12.2. The number of hydrogen-bond donors (Lipinski definition) is 2. The summed E-state index contributed by atoms with van der Waals surface area (Å²) in [5, 5.41) is 7.61. The van der Waals surface area contributed by atoms with Crippen LogP contribution in [0, 0.1) is 0 Å². The van der Waals surface area contributed by atoms with Crippen LogP contribution in [-0.2, 0) is 19.6 Å². The topological polar surface area (TPSA) is 133 Å². The molecule has 0 bridgehead atoms. The predicted molar refractivity (Wildman–Crippen MR) is 101 cm³/mol. The first kappa shape index (κ1) is 20.7. The van der Waals surface area contributed by atoms with Crippen molar-refractivity contribution in [3.8, 4) is 0 Å². The maximum Gasteiger partial charge on any atom is 0.339 e. The van der Waals surface area contributed by atoms with Crippen LogP contribution in [0.4, 0.5) is 5.69 Å². The highest BCUT2D eigenvalue weighted by Gasteiger charge is 2.18. The molecule has 142 valence electrons. The second-order valence-corrected chi connectivity index (χ2v) is 7.86. The number of sulfonamides is 1. The quantitative estimate of drug-likeness (QED) is 0.507. The van der Waals surface area contributed by atoms with Crippen LogP contribution in [0.1, 0.15) is 27.6 Å². The molecule has 0 heterocycles. The molecule has 27 heavy (non-hydrogen) atoms. The lowest BCUT2D eigenvalue weighted by Crippen LogP contribution is -2.16. The van der Waals surface area contributed by atoms with E-state index in [2.05, 4.69) is 21.2 Å². The van der Waals surface area contributed by atoms with E-state index < -0.39 is 28.4 Å². The van der Waals surface area contributed by atoms with Crippen molar-refractivity contribution in [2.45, 2.75) is 11.8 Å². The normalized spacial score (nSPS) is 10.9. The average Bonchev–Trinajstić information content (AvgIpc) is 2.59. The van der Waals surface area contributed by atoms with Crippen molar-refractivity contribution in [3.63, 3.8) is 0 Å². The van der Waals surface area contributed by atoms with E-state index in [-0.39, 0.29) is 21.9 Å². The van der Waals surface area contributed by atoms with Crippen molar-refractivity contribution in [1.82, 2.24) is 0 Å². The Kier molecular flexibility index (Phi) is 6.47. The zero-order valence-electron chi connectivity index (χ0n) is 14.1. The zero-order chi connectivity index (χ0) is 20.2. The third-order valence-corrected chi connectivity index (χ3v) is 4.95. The molecule has 0 fully saturated rings. The summed E-state index contributed by atoms with van der Waals surface area (Å²) in [5.41, 5.74) is 0.740. The number of carbonyl (C=O) groups excluding carboxylic acids is 3. The predicted octanol–water partition coefficient (Wildman–Crippen LogP) is 2.09. The average molecular weight is 455 g/mol. The van der Waals surface area contributed by atoms with Gasteiger partial charge in [0.05, 0.1) is 10.5 Å². The van der Waals surface area contributed by atoms with Crippen molar-refractivity contribution in [3.05, 3.63) is 58.1 Å². The van der Waals surface area contributed by atoms with Gasteiger partial charge < -0.3 is 10.1 Å². The molecule has 0 aliphatic heterocycles. The SMILES string of the molecule is CC(=O)Nc1ccc(C(=O)COC(=O)c2cc(S(N)(=O)=O)ccc2Br)cc1. The summed E-state index contributed by atoms with van der Waals surface area (Å²) in [4.78, 5) is 35.0. The van der Waals surface area contributed by atoms with E-state index >= 15 is 0 Å².